The average molecular weight is 539 g/mol. The lowest BCUT2D eigenvalue weighted by molar-refractivity contribution is -0.124. The van der Waals surface area contributed by atoms with Crippen molar-refractivity contribution >= 4 is 29.1 Å². The molecule has 0 atom stereocenters. The minimum atomic E-state index is -0.577. The topological polar surface area (TPSA) is 158 Å². The summed E-state index contributed by atoms with van der Waals surface area (Å²) in [4.78, 5) is 25.3. The van der Waals surface area contributed by atoms with Crippen molar-refractivity contribution in [3.63, 3.8) is 0 Å². The van der Waals surface area contributed by atoms with Crippen LogP contribution in [0.5, 0.6) is 0 Å². The molecule has 0 radical (unpaired) electrons. The number of nitrogens with one attached hydrogen (secondary N) is 3. The van der Waals surface area contributed by atoms with Crippen LogP contribution in [0, 0.1) is 5.41 Å². The summed E-state index contributed by atoms with van der Waals surface area (Å²) in [6.45, 7) is 12.6. The quantitative estimate of drug-likeness (QED) is 0.193. The van der Waals surface area contributed by atoms with Crippen molar-refractivity contribution in [3.05, 3.63) is 17.7 Å². The molecule has 0 spiro atoms. The third-order valence-electron chi connectivity index (χ3n) is 5.83. The van der Waals surface area contributed by atoms with Gasteiger partial charge in [0.2, 0.25) is 5.91 Å². The predicted molar refractivity (Wildman–Crippen MR) is 164 cm³/mol. The molecule has 2 rings (SSSR count). The van der Waals surface area contributed by atoms with Crippen LogP contribution < -0.4 is 33.2 Å². The van der Waals surface area contributed by atoms with E-state index in [9.17, 15) is 9.59 Å². The van der Waals surface area contributed by atoms with Gasteiger partial charge in [-0.25, -0.2) is 4.79 Å². The van der Waals surface area contributed by atoms with E-state index in [-0.39, 0.29) is 5.91 Å². The van der Waals surface area contributed by atoms with Gasteiger partial charge in [0.05, 0.1) is 11.4 Å². The van der Waals surface area contributed by atoms with Crippen LogP contribution in [-0.4, -0.2) is 45.3 Å². The van der Waals surface area contributed by atoms with Gasteiger partial charge < -0.3 is 32.6 Å². The summed E-state index contributed by atoms with van der Waals surface area (Å²) in [5.41, 5.74) is 15.8. The molecule has 0 aliphatic carbocycles. The van der Waals surface area contributed by atoms with E-state index in [2.05, 4.69) is 40.1 Å². The average Bonchev–Trinajstić information content (AvgIpc) is 3.35. The van der Waals surface area contributed by atoms with Gasteiger partial charge in [-0.3, -0.25) is 10.1 Å². The van der Waals surface area contributed by atoms with Crippen LogP contribution in [0.3, 0.4) is 0 Å². The molecular formula is C29H58N6O3. The summed E-state index contributed by atoms with van der Waals surface area (Å²) in [6, 6.07) is 3.81. The van der Waals surface area contributed by atoms with Crippen molar-refractivity contribution < 1.29 is 14.3 Å². The molecule has 1 heterocycles. The Morgan fingerprint density at radius 1 is 0.868 bits per heavy atom. The van der Waals surface area contributed by atoms with Gasteiger partial charge in [-0.1, -0.05) is 65.7 Å². The first-order chi connectivity index (χ1) is 18.0. The molecule has 9 N–H and O–H groups in total. The number of benzene rings is 1. The number of amides is 2. The van der Waals surface area contributed by atoms with Crippen LogP contribution in [0.25, 0.3) is 0 Å². The fourth-order valence-electron chi connectivity index (χ4n) is 3.95. The molecule has 9 nitrogen and oxygen atoms in total. The highest BCUT2D eigenvalue weighted by molar-refractivity contribution is 5.98. The molecule has 222 valence electrons. The van der Waals surface area contributed by atoms with E-state index in [1.165, 1.54) is 59.7 Å². The fraction of sp³-hybridized carbons (Fsp3) is 0.724. The molecule has 9 heteroatoms. The van der Waals surface area contributed by atoms with Crippen molar-refractivity contribution in [1.82, 2.24) is 0 Å². The Hall–Kier alpha value is -2.36. The number of ether oxygens (including phenoxy) is 1. The summed E-state index contributed by atoms with van der Waals surface area (Å²) in [5, 5.41) is 9.24. The lowest BCUT2D eigenvalue weighted by Gasteiger charge is -2.24. The van der Waals surface area contributed by atoms with E-state index in [0.717, 1.165) is 37.1 Å². The van der Waals surface area contributed by atoms with Crippen LogP contribution in [0.1, 0.15) is 98.5 Å². The predicted octanol–water partition coefficient (Wildman–Crippen LogP) is 5.83. The van der Waals surface area contributed by atoms with E-state index >= 15 is 0 Å². The molecule has 0 aromatic heterocycles. The number of rotatable bonds is 11. The lowest BCUT2D eigenvalue weighted by Crippen LogP contribution is -2.31. The monoisotopic (exact) mass is 538 g/mol. The van der Waals surface area contributed by atoms with Crippen LogP contribution in [0.2, 0.25) is 0 Å². The van der Waals surface area contributed by atoms with E-state index in [4.69, 9.17) is 4.74 Å². The van der Waals surface area contributed by atoms with E-state index in [0.29, 0.717) is 11.4 Å². The first-order valence-corrected chi connectivity index (χ1v) is 14.0. The minimum absolute atomic E-state index is 0.0117. The van der Waals surface area contributed by atoms with Gasteiger partial charge in [0.15, 0.2) is 0 Å². The Bertz CT molecular complexity index is 791. The number of nitrogens with two attached hydrogens (primary N) is 3. The number of fused-ring (bicyclic) bond motifs is 1. The smallest absolute Gasteiger partial charge is 0.412 e. The number of carbonyl (C=O) groups excluding carboxylic acids is 2. The van der Waals surface area contributed by atoms with Crippen LogP contribution in [0.15, 0.2) is 12.1 Å². The molecule has 0 fully saturated rings. The van der Waals surface area contributed by atoms with Gasteiger partial charge in [-0.2, -0.15) is 0 Å². The van der Waals surface area contributed by atoms with Crippen molar-refractivity contribution in [1.29, 1.82) is 0 Å². The van der Waals surface area contributed by atoms with Crippen molar-refractivity contribution in [2.75, 3.05) is 43.6 Å². The SMILES string of the molecule is CCCCCCCCCC(C)(C)C(=O)Nc1cc2c(c(NC(=O)OC(C)(C)C)c1)NCC2.CN.CN.CN. The minimum Gasteiger partial charge on any atom is -0.444 e. The maximum absolute atomic E-state index is 13.0. The lowest BCUT2D eigenvalue weighted by atomic mass is 9.85. The molecule has 1 aliphatic rings. The van der Waals surface area contributed by atoms with Crippen LogP contribution in [0.4, 0.5) is 21.9 Å². The van der Waals surface area contributed by atoms with E-state index in [1.54, 1.807) is 0 Å². The van der Waals surface area contributed by atoms with Gasteiger partial charge in [0.25, 0.3) is 0 Å². The zero-order valence-electron chi connectivity index (χ0n) is 25.7. The maximum atomic E-state index is 13.0. The third kappa shape index (κ3) is 15.1. The Morgan fingerprint density at radius 3 is 1.97 bits per heavy atom. The molecule has 0 unspecified atom stereocenters. The van der Waals surface area contributed by atoms with Gasteiger partial charge in [0.1, 0.15) is 5.60 Å². The third-order valence-corrected chi connectivity index (χ3v) is 5.83. The zero-order valence-corrected chi connectivity index (χ0v) is 25.7. The second-order valence-electron chi connectivity index (χ2n) is 10.6. The Kier molecular flexibility index (Phi) is 20.5. The standard InChI is InChI=1S/C26H43N3O3.3CH5N/c1-7-8-9-10-11-12-13-15-26(5,6)23(30)28-20-17-19-14-16-27-22(19)21(18-20)29-24(31)32-25(2,3)4;3*1-2/h17-18,27H,7-16H2,1-6H3,(H,28,30)(H,29,31);3*2H2,1H3. The molecule has 1 aromatic rings. The second kappa shape index (κ2) is 20.6. The number of hydrogen-bond acceptors (Lipinski definition) is 7. The van der Waals surface area contributed by atoms with Crippen molar-refractivity contribution in [2.45, 2.75) is 105 Å². The van der Waals surface area contributed by atoms with Crippen LogP contribution in [-0.2, 0) is 16.0 Å². The molecule has 0 bridgehead atoms. The van der Waals surface area contributed by atoms with E-state index < -0.39 is 17.1 Å². The summed E-state index contributed by atoms with van der Waals surface area (Å²) < 4.78 is 5.40. The summed E-state index contributed by atoms with van der Waals surface area (Å²) >= 11 is 0. The summed E-state index contributed by atoms with van der Waals surface area (Å²) in [6.07, 6.45) is 9.87. The largest absolute Gasteiger partial charge is 0.444 e. The molecular weight excluding hydrogens is 480 g/mol. The second-order valence-corrected chi connectivity index (χ2v) is 10.6. The van der Waals surface area contributed by atoms with Crippen molar-refractivity contribution in [3.8, 4) is 0 Å². The molecule has 1 aromatic carbocycles. The highest BCUT2D eigenvalue weighted by Gasteiger charge is 2.28. The Balaban J connectivity index is 0. The first kappa shape index (κ1) is 37.8. The highest BCUT2D eigenvalue weighted by atomic mass is 16.6. The van der Waals surface area contributed by atoms with Crippen molar-refractivity contribution in [2.24, 2.45) is 22.6 Å². The number of unbranched alkanes of at least 4 members (excludes halogenated alkanes) is 6. The van der Waals surface area contributed by atoms with E-state index in [1.807, 2.05) is 46.8 Å². The maximum Gasteiger partial charge on any atom is 0.412 e. The van der Waals surface area contributed by atoms with Gasteiger partial charge >= 0.3 is 6.09 Å². The number of hydrogen-bond donors (Lipinski definition) is 6. The van der Waals surface area contributed by atoms with Gasteiger partial charge in [-0.15, -0.1) is 0 Å². The summed E-state index contributed by atoms with van der Waals surface area (Å²) in [5.74, 6) is 0.0117. The molecule has 0 saturated carbocycles. The normalized spacial score (nSPS) is 11.7. The van der Waals surface area contributed by atoms with Gasteiger partial charge in [-0.05, 0) is 72.5 Å². The molecule has 2 amide bonds. The zero-order chi connectivity index (χ0) is 29.8. The Morgan fingerprint density at radius 2 is 1.42 bits per heavy atom. The number of anilines is 3. The molecule has 1 aliphatic heterocycles. The van der Waals surface area contributed by atoms with Gasteiger partial charge in [0, 0.05) is 17.6 Å². The Labute approximate surface area is 232 Å². The first-order valence-electron chi connectivity index (χ1n) is 14.0. The number of carbonyl (C=O) groups is 2. The summed E-state index contributed by atoms with van der Waals surface area (Å²) in [7, 11) is 4.50. The molecule has 0 saturated heterocycles. The molecule has 38 heavy (non-hydrogen) atoms. The highest BCUT2D eigenvalue weighted by Crippen LogP contribution is 2.35. The van der Waals surface area contributed by atoms with Crippen LogP contribution >= 0.6 is 0 Å². The fourth-order valence-corrected chi connectivity index (χ4v) is 3.95.